The average Bonchev–Trinajstić information content (AvgIpc) is 2.38. The van der Waals surface area contributed by atoms with Crippen LogP contribution >= 0.6 is 0 Å². The Bertz CT molecular complexity index is 400. The average molecular weight is 284 g/mol. The van der Waals surface area contributed by atoms with E-state index in [0.717, 1.165) is 6.42 Å². The van der Waals surface area contributed by atoms with Gasteiger partial charge in [0.2, 0.25) is 6.43 Å². The van der Waals surface area contributed by atoms with Gasteiger partial charge in [0, 0.05) is 0 Å². The molecule has 0 fully saturated rings. The Hall–Kier alpha value is -0.960. The van der Waals surface area contributed by atoms with E-state index in [0.29, 0.717) is 24.3 Å². The second-order valence-corrected chi connectivity index (χ2v) is 6.09. The van der Waals surface area contributed by atoms with Crippen LogP contribution in [0.4, 0.5) is 8.78 Å². The zero-order valence-electron chi connectivity index (χ0n) is 12.9. The molecule has 20 heavy (non-hydrogen) atoms. The number of rotatable bonds is 7. The Morgan fingerprint density at radius 2 is 1.65 bits per heavy atom. The van der Waals surface area contributed by atoms with Crippen LogP contribution in [0.2, 0.25) is 0 Å². The zero-order chi connectivity index (χ0) is 15.3. The van der Waals surface area contributed by atoms with E-state index in [1.807, 2.05) is 19.1 Å². The Kier molecular flexibility index (Phi) is 6.12. The minimum absolute atomic E-state index is 0.349. The van der Waals surface area contributed by atoms with Gasteiger partial charge in [-0.2, -0.15) is 0 Å². The second-order valence-electron chi connectivity index (χ2n) is 6.09. The van der Waals surface area contributed by atoms with Gasteiger partial charge in [0.25, 0.3) is 0 Å². The summed E-state index contributed by atoms with van der Waals surface area (Å²) >= 11 is 0. The molecule has 0 aliphatic carbocycles. The predicted octanol–water partition coefficient (Wildman–Crippen LogP) is 4.77. The van der Waals surface area contributed by atoms with Crippen molar-refractivity contribution >= 4 is 0 Å². The lowest BCUT2D eigenvalue weighted by Crippen LogP contribution is -2.37. The van der Waals surface area contributed by atoms with Crippen molar-refractivity contribution in [1.29, 1.82) is 0 Å². The number of hydrogen-bond donors (Lipinski definition) is 1. The van der Waals surface area contributed by atoms with Crippen molar-refractivity contribution < 1.29 is 13.9 Å². The molecule has 0 aliphatic rings. The van der Waals surface area contributed by atoms with E-state index in [9.17, 15) is 13.9 Å². The molecule has 1 rings (SSSR count). The van der Waals surface area contributed by atoms with Gasteiger partial charge in [0.1, 0.15) is 0 Å². The maximum absolute atomic E-state index is 13.0. The Balaban J connectivity index is 3.03. The fourth-order valence-corrected chi connectivity index (χ4v) is 2.63. The number of aliphatic hydroxyl groups is 1. The lowest BCUT2D eigenvalue weighted by molar-refractivity contribution is -0.0879. The van der Waals surface area contributed by atoms with Crippen LogP contribution < -0.4 is 0 Å². The Morgan fingerprint density at radius 1 is 1.10 bits per heavy atom. The molecule has 114 valence electrons. The molecule has 0 amide bonds. The molecule has 1 N–H and O–H groups in total. The van der Waals surface area contributed by atoms with Crippen LogP contribution in [0.5, 0.6) is 0 Å². The molecule has 0 aromatic heterocycles. The van der Waals surface area contributed by atoms with Gasteiger partial charge >= 0.3 is 0 Å². The third kappa shape index (κ3) is 4.02. The van der Waals surface area contributed by atoms with Crippen molar-refractivity contribution in [3.05, 3.63) is 35.4 Å². The Labute approximate surface area is 121 Å². The summed E-state index contributed by atoms with van der Waals surface area (Å²) in [6, 6.07) is 7.47. The van der Waals surface area contributed by atoms with Gasteiger partial charge in [0.05, 0.1) is 11.5 Å². The maximum atomic E-state index is 13.0. The molecule has 0 saturated carbocycles. The molecule has 0 radical (unpaired) electrons. The summed E-state index contributed by atoms with van der Waals surface area (Å²) in [5, 5.41) is 10.7. The van der Waals surface area contributed by atoms with Crippen LogP contribution in [0.1, 0.15) is 51.7 Å². The van der Waals surface area contributed by atoms with Gasteiger partial charge < -0.3 is 5.11 Å². The molecule has 3 heteroatoms. The molecule has 0 heterocycles. The first-order chi connectivity index (χ1) is 9.31. The first-order valence-electron chi connectivity index (χ1n) is 7.41. The van der Waals surface area contributed by atoms with Crippen molar-refractivity contribution in [2.24, 2.45) is 11.8 Å². The van der Waals surface area contributed by atoms with Crippen molar-refractivity contribution in [2.45, 2.75) is 59.0 Å². The molecule has 1 aromatic rings. The highest BCUT2D eigenvalue weighted by Gasteiger charge is 2.39. The molecule has 1 aromatic carbocycles. The summed E-state index contributed by atoms with van der Waals surface area (Å²) in [7, 11) is 0. The quantitative estimate of drug-likeness (QED) is 0.764. The summed E-state index contributed by atoms with van der Waals surface area (Å²) in [5.41, 5.74) is 0.325. The van der Waals surface area contributed by atoms with Gasteiger partial charge in [-0.3, -0.25) is 0 Å². The SMILES string of the molecule is CCCC(O)(c1ccc(CC(C)C)cc1)C(C)C(F)F. The Morgan fingerprint density at radius 3 is 2.05 bits per heavy atom. The highest BCUT2D eigenvalue weighted by atomic mass is 19.3. The maximum Gasteiger partial charge on any atom is 0.244 e. The van der Waals surface area contributed by atoms with E-state index in [4.69, 9.17) is 0 Å². The number of hydrogen-bond acceptors (Lipinski definition) is 1. The monoisotopic (exact) mass is 284 g/mol. The molecular formula is C17H26F2O. The minimum atomic E-state index is -2.53. The van der Waals surface area contributed by atoms with Gasteiger partial charge in [-0.25, -0.2) is 8.78 Å². The third-order valence-corrected chi connectivity index (χ3v) is 3.86. The van der Waals surface area contributed by atoms with Crippen molar-refractivity contribution in [2.75, 3.05) is 0 Å². The summed E-state index contributed by atoms with van der Waals surface area (Å²) < 4.78 is 26.0. The molecule has 0 bridgehead atoms. The summed E-state index contributed by atoms with van der Waals surface area (Å²) in [4.78, 5) is 0. The largest absolute Gasteiger partial charge is 0.385 e. The lowest BCUT2D eigenvalue weighted by atomic mass is 9.79. The first-order valence-corrected chi connectivity index (χ1v) is 7.41. The molecule has 0 spiro atoms. The summed E-state index contributed by atoms with van der Waals surface area (Å²) in [6.07, 6.45) is -0.554. The molecule has 0 aliphatic heterocycles. The number of halogens is 2. The first kappa shape index (κ1) is 17.1. The molecule has 1 nitrogen and oxygen atoms in total. The zero-order valence-corrected chi connectivity index (χ0v) is 12.9. The lowest BCUT2D eigenvalue weighted by Gasteiger charge is -2.34. The van der Waals surface area contributed by atoms with Crippen LogP contribution in [0.3, 0.4) is 0 Å². The summed E-state index contributed by atoms with van der Waals surface area (Å²) in [5.74, 6) is -0.520. The molecular weight excluding hydrogens is 258 g/mol. The van der Waals surface area contributed by atoms with E-state index in [1.54, 1.807) is 12.1 Å². The minimum Gasteiger partial charge on any atom is -0.385 e. The highest BCUT2D eigenvalue weighted by molar-refractivity contribution is 5.28. The fourth-order valence-electron chi connectivity index (χ4n) is 2.63. The van der Waals surface area contributed by atoms with Gasteiger partial charge in [-0.15, -0.1) is 0 Å². The van der Waals surface area contributed by atoms with Crippen LogP contribution in [0, 0.1) is 11.8 Å². The van der Waals surface area contributed by atoms with Gasteiger partial charge in [-0.05, 0) is 29.9 Å². The van der Waals surface area contributed by atoms with E-state index < -0.39 is 17.9 Å². The van der Waals surface area contributed by atoms with Crippen LogP contribution in [-0.4, -0.2) is 11.5 Å². The second kappa shape index (κ2) is 7.16. The van der Waals surface area contributed by atoms with E-state index in [-0.39, 0.29) is 0 Å². The van der Waals surface area contributed by atoms with Crippen LogP contribution in [0.15, 0.2) is 24.3 Å². The topological polar surface area (TPSA) is 20.2 Å². The van der Waals surface area contributed by atoms with Crippen molar-refractivity contribution in [1.82, 2.24) is 0 Å². The van der Waals surface area contributed by atoms with E-state index >= 15 is 0 Å². The number of alkyl halides is 2. The molecule has 2 atom stereocenters. The predicted molar refractivity (Wildman–Crippen MR) is 79.0 cm³/mol. The standard InChI is InChI=1S/C17H26F2O/c1-5-10-17(20,13(4)16(18)19)15-8-6-14(7-9-15)11-12(2)3/h6-9,12-13,16,20H,5,10-11H2,1-4H3. The van der Waals surface area contributed by atoms with Crippen molar-refractivity contribution in [3.63, 3.8) is 0 Å². The smallest absolute Gasteiger partial charge is 0.244 e. The van der Waals surface area contributed by atoms with E-state index in [2.05, 4.69) is 13.8 Å². The van der Waals surface area contributed by atoms with Crippen molar-refractivity contribution in [3.8, 4) is 0 Å². The summed E-state index contributed by atoms with van der Waals surface area (Å²) in [6.45, 7) is 7.60. The third-order valence-electron chi connectivity index (χ3n) is 3.86. The normalized spacial score (nSPS) is 16.4. The van der Waals surface area contributed by atoms with Gasteiger partial charge in [0.15, 0.2) is 0 Å². The van der Waals surface area contributed by atoms with E-state index in [1.165, 1.54) is 12.5 Å². The highest BCUT2D eigenvalue weighted by Crippen LogP contribution is 2.37. The van der Waals surface area contributed by atoms with Gasteiger partial charge in [-0.1, -0.05) is 58.4 Å². The van der Waals surface area contributed by atoms with Crippen LogP contribution in [0.25, 0.3) is 0 Å². The number of benzene rings is 1. The fraction of sp³-hybridized carbons (Fsp3) is 0.647. The molecule has 2 unspecified atom stereocenters. The molecule has 0 saturated heterocycles. The van der Waals surface area contributed by atoms with Crippen LogP contribution in [-0.2, 0) is 12.0 Å².